The summed E-state index contributed by atoms with van der Waals surface area (Å²) < 4.78 is 20.4. The molecule has 0 aliphatic carbocycles. The summed E-state index contributed by atoms with van der Waals surface area (Å²) in [6, 6.07) is 8.34. The minimum atomic E-state index is -0.719. The van der Waals surface area contributed by atoms with Crippen molar-refractivity contribution in [3.63, 3.8) is 0 Å². The Balaban J connectivity index is 2.09. The highest BCUT2D eigenvalue weighted by Crippen LogP contribution is 2.30. The Morgan fingerprint density at radius 3 is 2.37 bits per heavy atom. The van der Waals surface area contributed by atoms with Gasteiger partial charge in [0.2, 0.25) is 0 Å². The maximum atomic E-state index is 12.3. The maximum absolute atomic E-state index is 12.3. The van der Waals surface area contributed by atoms with Crippen LogP contribution < -0.4 is 19.5 Å². The first-order valence-electron chi connectivity index (χ1n) is 8.81. The summed E-state index contributed by atoms with van der Waals surface area (Å²) in [5.74, 6) is -0.195. The Labute approximate surface area is 172 Å². The van der Waals surface area contributed by atoms with Gasteiger partial charge in [0, 0.05) is 11.6 Å². The van der Waals surface area contributed by atoms with Crippen molar-refractivity contribution in [1.29, 1.82) is 0 Å². The van der Waals surface area contributed by atoms with E-state index in [4.69, 9.17) is 14.2 Å². The van der Waals surface area contributed by atoms with Crippen molar-refractivity contribution >= 4 is 17.6 Å². The maximum Gasteiger partial charge on any atom is 0.338 e. The van der Waals surface area contributed by atoms with Gasteiger partial charge in [0.25, 0.3) is 5.91 Å². The number of amides is 1. The molecule has 0 heterocycles. The molecule has 0 unspecified atom stereocenters. The summed E-state index contributed by atoms with van der Waals surface area (Å²) >= 11 is 0. The standard InChI is InChI=1S/C20H22N2O8/c1-12(15-10-14(27-2)6-8-17(15)28-3)21-19(23)11-30-18-7-5-13(20(24)29-4)9-16(18)22(25)26/h5-10,12H,11H2,1-4H3,(H,21,23)/t12-/m1/s1. The van der Waals surface area contributed by atoms with Crippen LogP contribution in [0, 0.1) is 10.1 Å². The average molecular weight is 418 g/mol. The number of rotatable bonds is 9. The minimum Gasteiger partial charge on any atom is -0.497 e. The van der Waals surface area contributed by atoms with Gasteiger partial charge in [0.05, 0.1) is 37.9 Å². The van der Waals surface area contributed by atoms with Gasteiger partial charge in [-0.2, -0.15) is 0 Å². The van der Waals surface area contributed by atoms with Crippen LogP contribution >= 0.6 is 0 Å². The van der Waals surface area contributed by atoms with E-state index in [1.165, 1.54) is 33.5 Å². The highest BCUT2D eigenvalue weighted by Gasteiger charge is 2.21. The van der Waals surface area contributed by atoms with Gasteiger partial charge in [0.1, 0.15) is 11.5 Å². The van der Waals surface area contributed by atoms with Crippen LogP contribution in [0.2, 0.25) is 0 Å². The summed E-state index contributed by atoms with van der Waals surface area (Å²) in [6.45, 7) is 1.29. The van der Waals surface area contributed by atoms with Gasteiger partial charge in [-0.1, -0.05) is 0 Å². The van der Waals surface area contributed by atoms with Gasteiger partial charge >= 0.3 is 11.7 Å². The molecule has 10 heteroatoms. The Kier molecular flexibility index (Phi) is 7.56. The Morgan fingerprint density at radius 1 is 1.07 bits per heavy atom. The molecule has 2 rings (SSSR count). The third-order valence-corrected chi connectivity index (χ3v) is 4.22. The number of benzene rings is 2. The van der Waals surface area contributed by atoms with Crippen molar-refractivity contribution in [3.8, 4) is 17.2 Å². The van der Waals surface area contributed by atoms with E-state index < -0.39 is 35.1 Å². The van der Waals surface area contributed by atoms with Gasteiger partial charge in [-0.15, -0.1) is 0 Å². The molecular formula is C20H22N2O8. The van der Waals surface area contributed by atoms with Crippen LogP contribution in [0.4, 0.5) is 5.69 Å². The zero-order chi connectivity index (χ0) is 22.3. The molecule has 0 aliphatic rings. The molecule has 0 aromatic heterocycles. The van der Waals surface area contributed by atoms with Gasteiger partial charge in [0.15, 0.2) is 12.4 Å². The zero-order valence-electron chi connectivity index (χ0n) is 17.0. The molecule has 2 aromatic rings. The zero-order valence-corrected chi connectivity index (χ0v) is 17.0. The first-order valence-corrected chi connectivity index (χ1v) is 8.81. The van der Waals surface area contributed by atoms with E-state index in [9.17, 15) is 19.7 Å². The molecule has 1 N–H and O–H groups in total. The predicted octanol–water partition coefficient (Wildman–Crippen LogP) is 2.65. The van der Waals surface area contributed by atoms with Gasteiger partial charge < -0.3 is 24.3 Å². The van der Waals surface area contributed by atoms with Gasteiger partial charge in [-0.05, 0) is 37.3 Å². The fourth-order valence-electron chi connectivity index (χ4n) is 2.71. The first-order chi connectivity index (χ1) is 14.3. The van der Waals surface area contributed by atoms with E-state index in [1.54, 1.807) is 25.1 Å². The van der Waals surface area contributed by atoms with E-state index in [2.05, 4.69) is 10.1 Å². The average Bonchev–Trinajstić information content (AvgIpc) is 2.76. The number of esters is 1. The van der Waals surface area contributed by atoms with Crippen molar-refractivity contribution in [2.75, 3.05) is 27.9 Å². The molecule has 1 amide bonds. The molecule has 0 radical (unpaired) electrons. The number of nitro benzene ring substituents is 1. The van der Waals surface area contributed by atoms with Crippen LogP contribution in [0.1, 0.15) is 28.9 Å². The molecule has 0 bridgehead atoms. The smallest absolute Gasteiger partial charge is 0.338 e. The Bertz CT molecular complexity index is 944. The molecule has 30 heavy (non-hydrogen) atoms. The number of carbonyl (C=O) groups excluding carboxylic acids is 2. The quantitative estimate of drug-likeness (QED) is 0.374. The molecule has 0 saturated heterocycles. The van der Waals surface area contributed by atoms with Gasteiger partial charge in [-0.25, -0.2) is 4.79 Å². The third-order valence-electron chi connectivity index (χ3n) is 4.22. The van der Waals surface area contributed by atoms with Crippen molar-refractivity contribution in [1.82, 2.24) is 5.32 Å². The number of ether oxygens (including phenoxy) is 4. The third kappa shape index (κ3) is 5.37. The summed E-state index contributed by atoms with van der Waals surface area (Å²) in [7, 11) is 4.21. The van der Waals surface area contributed by atoms with E-state index in [1.807, 2.05) is 0 Å². The summed E-state index contributed by atoms with van der Waals surface area (Å²) in [6.07, 6.45) is 0. The minimum absolute atomic E-state index is 0.000237. The lowest BCUT2D eigenvalue weighted by molar-refractivity contribution is -0.385. The lowest BCUT2D eigenvalue weighted by Crippen LogP contribution is -2.31. The highest BCUT2D eigenvalue weighted by molar-refractivity contribution is 5.90. The van der Waals surface area contributed by atoms with E-state index >= 15 is 0 Å². The fraction of sp³-hybridized carbons (Fsp3) is 0.300. The molecule has 2 aromatic carbocycles. The van der Waals surface area contributed by atoms with Crippen molar-refractivity contribution in [3.05, 3.63) is 57.6 Å². The molecule has 0 saturated carbocycles. The van der Waals surface area contributed by atoms with E-state index in [0.29, 0.717) is 17.1 Å². The largest absolute Gasteiger partial charge is 0.497 e. The summed E-state index contributed by atoms with van der Waals surface area (Å²) in [5, 5.41) is 14.0. The normalized spacial score (nSPS) is 11.2. The monoisotopic (exact) mass is 418 g/mol. The number of hydrogen-bond acceptors (Lipinski definition) is 8. The number of carbonyl (C=O) groups is 2. The van der Waals surface area contributed by atoms with Gasteiger partial charge in [-0.3, -0.25) is 14.9 Å². The molecule has 0 aliphatic heterocycles. The second kappa shape index (κ2) is 10.1. The second-order valence-corrected chi connectivity index (χ2v) is 6.12. The number of nitrogens with zero attached hydrogens (tertiary/aromatic N) is 1. The highest BCUT2D eigenvalue weighted by atomic mass is 16.6. The molecule has 160 valence electrons. The molecule has 0 fully saturated rings. The molecular weight excluding hydrogens is 396 g/mol. The molecule has 1 atom stereocenters. The topological polar surface area (TPSA) is 126 Å². The van der Waals surface area contributed by atoms with Crippen LogP contribution in [-0.4, -0.2) is 44.7 Å². The Hall–Kier alpha value is -3.82. The van der Waals surface area contributed by atoms with Crippen LogP contribution in [0.3, 0.4) is 0 Å². The van der Waals surface area contributed by atoms with Crippen molar-refractivity contribution < 1.29 is 33.5 Å². The first kappa shape index (κ1) is 22.5. The van der Waals surface area contributed by atoms with E-state index in [-0.39, 0.29) is 11.3 Å². The van der Waals surface area contributed by atoms with Crippen molar-refractivity contribution in [2.24, 2.45) is 0 Å². The van der Waals surface area contributed by atoms with Crippen LogP contribution in [0.15, 0.2) is 36.4 Å². The number of nitro groups is 1. The van der Waals surface area contributed by atoms with Crippen LogP contribution in [-0.2, 0) is 9.53 Å². The second-order valence-electron chi connectivity index (χ2n) is 6.12. The fourth-order valence-corrected chi connectivity index (χ4v) is 2.71. The van der Waals surface area contributed by atoms with Crippen LogP contribution in [0.25, 0.3) is 0 Å². The van der Waals surface area contributed by atoms with Crippen LogP contribution in [0.5, 0.6) is 17.2 Å². The number of hydrogen-bond donors (Lipinski definition) is 1. The van der Waals surface area contributed by atoms with E-state index in [0.717, 1.165) is 6.07 Å². The Morgan fingerprint density at radius 2 is 1.77 bits per heavy atom. The molecule has 0 spiro atoms. The summed E-state index contributed by atoms with van der Waals surface area (Å²) in [4.78, 5) is 34.4. The van der Waals surface area contributed by atoms with Crippen molar-refractivity contribution in [2.45, 2.75) is 13.0 Å². The molecule has 10 nitrogen and oxygen atoms in total. The summed E-state index contributed by atoms with van der Waals surface area (Å²) in [5.41, 5.74) is 0.242. The number of nitrogens with one attached hydrogen (secondary N) is 1. The lowest BCUT2D eigenvalue weighted by atomic mass is 10.1. The SMILES string of the molecule is COC(=O)c1ccc(OCC(=O)N[C@H](C)c2cc(OC)ccc2OC)c([N+](=O)[O-])c1. The number of methoxy groups -OCH3 is 3. The predicted molar refractivity (Wildman–Crippen MR) is 106 cm³/mol. The lowest BCUT2D eigenvalue weighted by Gasteiger charge is -2.18.